The first-order valence-electron chi connectivity index (χ1n) is 8.00. The molecule has 7 heteroatoms. The predicted octanol–water partition coefficient (Wildman–Crippen LogP) is 2.36. The zero-order valence-electron chi connectivity index (χ0n) is 13.0. The molecule has 2 saturated heterocycles. The van der Waals surface area contributed by atoms with Gasteiger partial charge in [-0.2, -0.15) is 0 Å². The predicted molar refractivity (Wildman–Crippen MR) is 93.2 cm³/mol. The fourth-order valence-corrected chi connectivity index (χ4v) is 4.82. The van der Waals surface area contributed by atoms with Gasteiger partial charge < -0.3 is 15.0 Å². The molecule has 5 nitrogen and oxygen atoms in total. The number of thiophene rings is 2. The number of amides is 2. The molecule has 0 aromatic carbocycles. The molecule has 0 bridgehead atoms. The molecule has 24 heavy (non-hydrogen) atoms. The zero-order valence-corrected chi connectivity index (χ0v) is 14.6. The molecule has 2 amide bonds. The summed E-state index contributed by atoms with van der Waals surface area (Å²) in [7, 11) is 0. The van der Waals surface area contributed by atoms with Crippen molar-refractivity contribution in [2.45, 2.75) is 25.1 Å². The van der Waals surface area contributed by atoms with E-state index < -0.39 is 0 Å². The fraction of sp³-hybridized carbons (Fsp3) is 0.412. The van der Waals surface area contributed by atoms with Crippen molar-refractivity contribution in [1.29, 1.82) is 0 Å². The van der Waals surface area contributed by atoms with E-state index in [9.17, 15) is 9.59 Å². The van der Waals surface area contributed by atoms with Crippen molar-refractivity contribution in [3.05, 3.63) is 44.8 Å². The van der Waals surface area contributed by atoms with Gasteiger partial charge in [0.1, 0.15) is 0 Å². The normalized spacial score (nSPS) is 25.7. The van der Waals surface area contributed by atoms with E-state index in [2.05, 4.69) is 5.32 Å². The summed E-state index contributed by atoms with van der Waals surface area (Å²) in [4.78, 5) is 29.0. The number of fused-ring (bicyclic) bond motifs is 1. The van der Waals surface area contributed by atoms with Crippen LogP contribution in [0.25, 0.3) is 0 Å². The van der Waals surface area contributed by atoms with Crippen LogP contribution in [0.2, 0.25) is 0 Å². The molecule has 0 radical (unpaired) electrons. The highest BCUT2D eigenvalue weighted by Gasteiger charge is 2.50. The van der Waals surface area contributed by atoms with Gasteiger partial charge in [-0.05, 0) is 29.3 Å². The minimum Gasteiger partial charge on any atom is -0.375 e. The van der Waals surface area contributed by atoms with Crippen molar-refractivity contribution in [3.63, 3.8) is 0 Å². The van der Waals surface area contributed by atoms with Gasteiger partial charge in [-0.3, -0.25) is 9.59 Å². The summed E-state index contributed by atoms with van der Waals surface area (Å²) in [6.07, 6.45) is 0.619. The van der Waals surface area contributed by atoms with Crippen LogP contribution >= 0.6 is 22.7 Å². The monoisotopic (exact) mass is 362 g/mol. The maximum atomic E-state index is 12.7. The van der Waals surface area contributed by atoms with Gasteiger partial charge in [-0.15, -0.1) is 22.7 Å². The number of rotatable bonds is 4. The summed E-state index contributed by atoms with van der Waals surface area (Å²) in [6.45, 7) is 1.57. The lowest BCUT2D eigenvalue weighted by Crippen LogP contribution is -2.37. The quantitative estimate of drug-likeness (QED) is 0.908. The summed E-state index contributed by atoms with van der Waals surface area (Å²) in [5.74, 6) is -0.304. The number of carbonyl (C=O) groups is 2. The second-order valence-corrected chi connectivity index (χ2v) is 8.01. The van der Waals surface area contributed by atoms with Gasteiger partial charge in [0.15, 0.2) is 0 Å². The van der Waals surface area contributed by atoms with Crippen LogP contribution in [0, 0.1) is 5.92 Å². The lowest BCUT2D eigenvalue weighted by atomic mass is 10.0. The van der Waals surface area contributed by atoms with Gasteiger partial charge in [-0.25, -0.2) is 0 Å². The molecule has 1 N–H and O–H groups in total. The molecule has 0 unspecified atom stereocenters. The maximum absolute atomic E-state index is 12.7. The van der Waals surface area contributed by atoms with E-state index in [1.807, 2.05) is 39.9 Å². The minimum absolute atomic E-state index is 0.0112. The molecule has 2 aliphatic heterocycles. The minimum atomic E-state index is -0.290. The molecule has 126 valence electrons. The summed E-state index contributed by atoms with van der Waals surface area (Å²) in [5, 5.41) is 6.88. The van der Waals surface area contributed by atoms with Gasteiger partial charge in [0.2, 0.25) is 5.91 Å². The topological polar surface area (TPSA) is 58.6 Å². The van der Waals surface area contributed by atoms with E-state index in [-0.39, 0.29) is 29.9 Å². The third kappa shape index (κ3) is 2.87. The van der Waals surface area contributed by atoms with Crippen LogP contribution in [0.4, 0.5) is 0 Å². The Bertz CT molecular complexity index is 714. The first kappa shape index (κ1) is 15.8. The number of ether oxygens (including phenoxy) is 1. The number of nitrogens with one attached hydrogen (secondary N) is 1. The van der Waals surface area contributed by atoms with Gasteiger partial charge >= 0.3 is 0 Å². The highest BCUT2D eigenvalue weighted by Crippen LogP contribution is 2.35. The van der Waals surface area contributed by atoms with Crippen molar-refractivity contribution < 1.29 is 14.3 Å². The number of nitrogens with zero attached hydrogens (tertiary/aromatic N) is 1. The van der Waals surface area contributed by atoms with Crippen molar-refractivity contribution in [2.24, 2.45) is 5.92 Å². The number of hydrogen-bond donors (Lipinski definition) is 1. The van der Waals surface area contributed by atoms with Crippen LogP contribution in [0.3, 0.4) is 0 Å². The van der Waals surface area contributed by atoms with Gasteiger partial charge in [0, 0.05) is 18.0 Å². The highest BCUT2D eigenvalue weighted by molar-refractivity contribution is 7.12. The fourth-order valence-electron chi connectivity index (χ4n) is 3.49. The van der Waals surface area contributed by atoms with Crippen LogP contribution in [0.15, 0.2) is 35.0 Å². The molecule has 0 saturated carbocycles. The Labute approximate surface area is 148 Å². The molecule has 4 rings (SSSR count). The second-order valence-electron chi connectivity index (χ2n) is 6.03. The van der Waals surface area contributed by atoms with Crippen LogP contribution in [0.5, 0.6) is 0 Å². The number of likely N-dealkylation sites (tertiary alicyclic amines) is 1. The molecule has 2 fully saturated rings. The summed E-state index contributed by atoms with van der Waals surface area (Å²) >= 11 is 3.06. The Balaban J connectivity index is 1.46. The van der Waals surface area contributed by atoms with Crippen molar-refractivity contribution in [1.82, 2.24) is 10.2 Å². The number of hydrogen-bond acceptors (Lipinski definition) is 5. The van der Waals surface area contributed by atoms with Gasteiger partial charge in [-0.1, -0.05) is 12.1 Å². The third-order valence-electron chi connectivity index (χ3n) is 4.64. The summed E-state index contributed by atoms with van der Waals surface area (Å²) < 4.78 is 5.80. The molecule has 2 aromatic heterocycles. The Morgan fingerprint density at radius 1 is 1.25 bits per heavy atom. The van der Waals surface area contributed by atoms with E-state index in [0.717, 1.165) is 16.2 Å². The molecule has 4 heterocycles. The molecule has 2 aromatic rings. The standard InChI is InChI=1S/C17H18N2O3S2/c20-16(18-9-11-3-1-7-23-11)12-10-19(13-5-6-22-15(12)13)17(21)14-4-2-8-24-14/h1-4,7-8,12-13,15H,5-6,9-10H2,(H,18,20)/t12-,13+,15+/m1/s1. The highest BCUT2D eigenvalue weighted by atomic mass is 32.1. The van der Waals surface area contributed by atoms with E-state index in [4.69, 9.17) is 4.74 Å². The van der Waals surface area contributed by atoms with Crippen molar-refractivity contribution >= 4 is 34.5 Å². The zero-order chi connectivity index (χ0) is 16.5. The third-order valence-corrected chi connectivity index (χ3v) is 6.37. The summed E-state index contributed by atoms with van der Waals surface area (Å²) in [5.41, 5.74) is 0. The molecular formula is C17H18N2O3S2. The van der Waals surface area contributed by atoms with Crippen molar-refractivity contribution in [3.8, 4) is 0 Å². The van der Waals surface area contributed by atoms with E-state index in [1.165, 1.54) is 11.3 Å². The lowest BCUT2D eigenvalue weighted by Gasteiger charge is -2.21. The second kappa shape index (κ2) is 6.66. The van der Waals surface area contributed by atoms with Crippen LogP contribution in [-0.2, 0) is 16.1 Å². The van der Waals surface area contributed by atoms with Crippen molar-refractivity contribution in [2.75, 3.05) is 13.2 Å². The SMILES string of the molecule is O=C(NCc1cccs1)[C@@H]1CN(C(=O)c2cccs2)[C@H]2CCO[C@@H]12. The average Bonchev–Trinajstić information content (AvgIpc) is 3.37. The van der Waals surface area contributed by atoms with Gasteiger partial charge in [0.25, 0.3) is 5.91 Å². The van der Waals surface area contributed by atoms with E-state index >= 15 is 0 Å². The Hall–Kier alpha value is -1.70. The lowest BCUT2D eigenvalue weighted by molar-refractivity contribution is -0.127. The van der Waals surface area contributed by atoms with E-state index in [1.54, 1.807) is 11.3 Å². The average molecular weight is 362 g/mol. The molecule has 0 spiro atoms. The first-order chi connectivity index (χ1) is 11.7. The molecular weight excluding hydrogens is 344 g/mol. The van der Waals surface area contributed by atoms with E-state index in [0.29, 0.717) is 19.7 Å². The molecule has 0 aliphatic carbocycles. The smallest absolute Gasteiger partial charge is 0.264 e. The summed E-state index contributed by atoms with van der Waals surface area (Å²) in [6, 6.07) is 7.70. The van der Waals surface area contributed by atoms with Crippen LogP contribution < -0.4 is 5.32 Å². The molecule has 3 atom stereocenters. The van der Waals surface area contributed by atoms with Crippen LogP contribution in [-0.4, -0.2) is 42.0 Å². The Kier molecular flexibility index (Phi) is 4.39. The first-order valence-corrected chi connectivity index (χ1v) is 9.76. The Morgan fingerprint density at radius 3 is 2.83 bits per heavy atom. The maximum Gasteiger partial charge on any atom is 0.264 e. The number of carbonyl (C=O) groups excluding carboxylic acids is 2. The van der Waals surface area contributed by atoms with Crippen LogP contribution in [0.1, 0.15) is 21.0 Å². The molecule has 2 aliphatic rings. The van der Waals surface area contributed by atoms with Gasteiger partial charge in [0.05, 0.1) is 29.5 Å². The largest absolute Gasteiger partial charge is 0.375 e. The Morgan fingerprint density at radius 2 is 2.08 bits per heavy atom.